The molecule has 0 heteroatoms. The van der Waals surface area contributed by atoms with Crippen LogP contribution in [0, 0.1) is 29.1 Å². The van der Waals surface area contributed by atoms with E-state index in [0.717, 1.165) is 29.1 Å². The third kappa shape index (κ3) is 3.73. The van der Waals surface area contributed by atoms with Crippen molar-refractivity contribution in [3.8, 4) is 0 Å². The van der Waals surface area contributed by atoms with E-state index in [0.29, 0.717) is 0 Å². The lowest BCUT2D eigenvalue weighted by Crippen LogP contribution is -2.40. The smallest absolute Gasteiger partial charge is 0.0241 e. The molecule has 0 bridgehead atoms. The van der Waals surface area contributed by atoms with Crippen LogP contribution < -0.4 is 0 Å². The molecule has 0 aromatic rings. The van der Waals surface area contributed by atoms with Gasteiger partial charge in [-0.05, 0) is 67.6 Å². The van der Waals surface area contributed by atoms with Gasteiger partial charge in [0.25, 0.3) is 0 Å². The summed E-state index contributed by atoms with van der Waals surface area (Å²) in [5.74, 6) is 4.16. The summed E-state index contributed by atoms with van der Waals surface area (Å²) in [7, 11) is 0. The van der Waals surface area contributed by atoms with Crippen LogP contribution in [0.2, 0.25) is 0 Å². The third-order valence-corrected chi connectivity index (χ3v) is 7.93. The summed E-state index contributed by atoms with van der Waals surface area (Å²) in [6.07, 6.45) is 23.1. The molecule has 0 aromatic heterocycles. The Morgan fingerprint density at radius 3 is 1.50 bits per heavy atom. The minimum atomic E-state index is 0.770. The zero-order valence-electron chi connectivity index (χ0n) is 15.4. The van der Waals surface area contributed by atoms with Gasteiger partial charge in [-0.1, -0.05) is 71.6 Å². The van der Waals surface area contributed by atoms with E-state index in [1.165, 1.54) is 57.8 Å². The summed E-state index contributed by atoms with van der Waals surface area (Å²) in [6, 6.07) is 0. The Morgan fingerprint density at radius 2 is 1.00 bits per heavy atom. The summed E-state index contributed by atoms with van der Waals surface area (Å²) in [6.45, 7) is 5.01. The summed E-state index contributed by atoms with van der Waals surface area (Å²) >= 11 is 0. The Labute approximate surface area is 139 Å². The van der Waals surface area contributed by atoms with Crippen molar-refractivity contribution < 1.29 is 0 Å². The lowest BCUT2D eigenvalue weighted by atomic mass is 9.55. The molecule has 0 heterocycles. The van der Waals surface area contributed by atoms with Gasteiger partial charge in [-0.25, -0.2) is 0 Å². The highest BCUT2D eigenvalue weighted by molar-refractivity contribution is 4.95. The van der Waals surface area contributed by atoms with Gasteiger partial charge >= 0.3 is 0 Å². The Kier molecular flexibility index (Phi) is 5.91. The molecule has 0 N–H and O–H groups in total. The first-order chi connectivity index (χ1) is 10.7. The molecule has 0 radical (unpaired) electrons. The van der Waals surface area contributed by atoms with Crippen molar-refractivity contribution >= 4 is 0 Å². The van der Waals surface area contributed by atoms with Crippen molar-refractivity contribution in [3.63, 3.8) is 0 Å². The predicted octanol–water partition coefficient (Wildman–Crippen LogP) is 7.37. The first kappa shape index (κ1) is 16.8. The average molecular weight is 305 g/mol. The molecule has 3 fully saturated rings. The zero-order valence-corrected chi connectivity index (χ0v) is 15.4. The molecular weight excluding hydrogens is 264 g/mol. The van der Waals surface area contributed by atoms with Crippen LogP contribution in [0.1, 0.15) is 110 Å². The second-order valence-electron chi connectivity index (χ2n) is 9.41. The lowest BCUT2D eigenvalue weighted by molar-refractivity contribution is 0.00610. The number of hydrogen-bond acceptors (Lipinski definition) is 0. The monoisotopic (exact) mass is 304 g/mol. The van der Waals surface area contributed by atoms with Gasteiger partial charge in [0, 0.05) is 0 Å². The molecule has 3 rings (SSSR count). The minimum absolute atomic E-state index is 0.770. The second kappa shape index (κ2) is 7.71. The predicted molar refractivity (Wildman–Crippen MR) is 97.0 cm³/mol. The largest absolute Gasteiger partial charge is 0.0625 e. The fraction of sp³-hybridized carbons (Fsp3) is 1.00. The molecule has 3 aliphatic rings. The van der Waals surface area contributed by atoms with Crippen LogP contribution >= 0.6 is 0 Å². The van der Waals surface area contributed by atoms with Gasteiger partial charge in [-0.2, -0.15) is 0 Å². The molecule has 22 heavy (non-hydrogen) atoms. The van der Waals surface area contributed by atoms with E-state index in [1.54, 1.807) is 38.5 Å². The van der Waals surface area contributed by atoms with Crippen LogP contribution in [0.4, 0.5) is 0 Å². The normalized spacial score (nSPS) is 40.6. The maximum absolute atomic E-state index is 2.50. The van der Waals surface area contributed by atoms with Crippen molar-refractivity contribution in [2.24, 2.45) is 29.1 Å². The van der Waals surface area contributed by atoms with Crippen LogP contribution in [0.25, 0.3) is 0 Å². The SMILES string of the molecule is CC1CCCC(C2(C3CCCC(C)CC3)CCCCC2)CC1. The summed E-state index contributed by atoms with van der Waals surface area (Å²) in [4.78, 5) is 0. The van der Waals surface area contributed by atoms with Gasteiger partial charge in [-0.3, -0.25) is 0 Å². The Morgan fingerprint density at radius 1 is 0.500 bits per heavy atom. The molecule has 0 amide bonds. The Balaban J connectivity index is 1.77. The molecule has 0 nitrogen and oxygen atoms in total. The zero-order chi connectivity index (χ0) is 15.4. The van der Waals surface area contributed by atoms with Crippen LogP contribution in [0.3, 0.4) is 0 Å². The highest BCUT2D eigenvalue weighted by Gasteiger charge is 2.45. The van der Waals surface area contributed by atoms with E-state index in [4.69, 9.17) is 0 Å². The summed E-state index contributed by atoms with van der Waals surface area (Å²) in [5, 5.41) is 0. The van der Waals surface area contributed by atoms with E-state index in [2.05, 4.69) is 13.8 Å². The maximum Gasteiger partial charge on any atom is -0.0241 e. The topological polar surface area (TPSA) is 0 Å². The first-order valence-corrected chi connectivity index (χ1v) is 10.7. The standard InChI is InChI=1S/C22H40/c1-18-8-6-10-20(14-12-18)22(16-4-3-5-17-22)21-11-7-9-19(2)13-15-21/h18-21H,3-17H2,1-2H3. The minimum Gasteiger partial charge on any atom is -0.0625 e. The van der Waals surface area contributed by atoms with Gasteiger partial charge < -0.3 is 0 Å². The van der Waals surface area contributed by atoms with Crippen molar-refractivity contribution in [1.82, 2.24) is 0 Å². The fourth-order valence-corrected chi connectivity index (χ4v) is 6.48. The number of hydrogen-bond donors (Lipinski definition) is 0. The van der Waals surface area contributed by atoms with E-state index in [1.807, 2.05) is 0 Å². The van der Waals surface area contributed by atoms with Gasteiger partial charge in [0.15, 0.2) is 0 Å². The van der Waals surface area contributed by atoms with Crippen molar-refractivity contribution in [2.45, 2.75) is 110 Å². The summed E-state index contributed by atoms with van der Waals surface area (Å²) in [5.41, 5.74) is 0.770. The Hall–Kier alpha value is 0. The molecule has 0 aromatic carbocycles. The van der Waals surface area contributed by atoms with Crippen LogP contribution in [-0.4, -0.2) is 0 Å². The van der Waals surface area contributed by atoms with Crippen molar-refractivity contribution in [1.29, 1.82) is 0 Å². The lowest BCUT2D eigenvalue weighted by Gasteiger charge is -2.49. The number of rotatable bonds is 2. The highest BCUT2D eigenvalue weighted by atomic mass is 14.5. The molecule has 128 valence electrons. The van der Waals surface area contributed by atoms with Crippen LogP contribution in [0.15, 0.2) is 0 Å². The summed E-state index contributed by atoms with van der Waals surface area (Å²) < 4.78 is 0. The third-order valence-electron chi connectivity index (χ3n) is 7.93. The molecule has 4 unspecified atom stereocenters. The molecule has 3 aliphatic carbocycles. The first-order valence-electron chi connectivity index (χ1n) is 10.7. The van der Waals surface area contributed by atoms with E-state index >= 15 is 0 Å². The fourth-order valence-electron chi connectivity index (χ4n) is 6.48. The molecule has 4 atom stereocenters. The van der Waals surface area contributed by atoms with E-state index in [-0.39, 0.29) is 0 Å². The maximum atomic E-state index is 2.50. The van der Waals surface area contributed by atoms with E-state index < -0.39 is 0 Å². The average Bonchev–Trinajstić information content (AvgIpc) is 2.88. The quantitative estimate of drug-likeness (QED) is 0.467. The second-order valence-corrected chi connectivity index (χ2v) is 9.41. The van der Waals surface area contributed by atoms with Crippen LogP contribution in [0.5, 0.6) is 0 Å². The van der Waals surface area contributed by atoms with E-state index in [9.17, 15) is 0 Å². The molecule has 3 saturated carbocycles. The molecule has 0 saturated heterocycles. The van der Waals surface area contributed by atoms with Gasteiger partial charge in [0.2, 0.25) is 0 Å². The Bertz CT molecular complexity index is 299. The molecular formula is C22H40. The molecule has 0 spiro atoms. The van der Waals surface area contributed by atoms with Crippen LogP contribution in [-0.2, 0) is 0 Å². The van der Waals surface area contributed by atoms with Crippen molar-refractivity contribution in [2.75, 3.05) is 0 Å². The van der Waals surface area contributed by atoms with Crippen molar-refractivity contribution in [3.05, 3.63) is 0 Å². The van der Waals surface area contributed by atoms with Gasteiger partial charge in [0.1, 0.15) is 0 Å². The van der Waals surface area contributed by atoms with Gasteiger partial charge in [-0.15, -0.1) is 0 Å². The highest BCUT2D eigenvalue weighted by Crippen LogP contribution is 2.56. The van der Waals surface area contributed by atoms with Gasteiger partial charge in [0.05, 0.1) is 0 Å². The molecule has 0 aliphatic heterocycles.